The fraction of sp³-hybridized carbons (Fsp3) is 0.500. The third kappa shape index (κ3) is 0.769. The van der Waals surface area contributed by atoms with E-state index in [1.54, 1.807) is 10.9 Å². The molecule has 1 aromatic rings. The van der Waals surface area contributed by atoms with Crippen LogP contribution in [-0.4, -0.2) is 22.4 Å². The van der Waals surface area contributed by atoms with E-state index < -0.39 is 0 Å². The van der Waals surface area contributed by atoms with Crippen LogP contribution in [-0.2, 0) is 6.54 Å². The fourth-order valence-corrected chi connectivity index (χ4v) is 1.05. The van der Waals surface area contributed by atoms with Gasteiger partial charge in [0.15, 0.2) is 0 Å². The maximum atomic E-state index is 5.62. The molecule has 1 atom stereocenters. The first-order chi connectivity index (χ1) is 4.86. The second kappa shape index (κ2) is 1.98. The fourth-order valence-electron chi connectivity index (χ4n) is 1.05. The lowest BCUT2D eigenvalue weighted by molar-refractivity contribution is 0.206. The molecule has 1 aliphatic heterocycles. The Balaban J connectivity index is 2.30. The summed E-state index contributed by atoms with van der Waals surface area (Å²) in [5.74, 6) is 0.821. The van der Waals surface area contributed by atoms with Gasteiger partial charge < -0.3 is 10.5 Å². The highest BCUT2D eigenvalue weighted by Gasteiger charge is 2.15. The Bertz CT molecular complexity index is 233. The number of fused-ring (bicyclic) bond motifs is 1. The van der Waals surface area contributed by atoms with Crippen LogP contribution in [0.3, 0.4) is 0 Å². The number of rotatable bonds is 0. The second-order valence-electron chi connectivity index (χ2n) is 2.42. The summed E-state index contributed by atoms with van der Waals surface area (Å²) in [6, 6.07) is 1.93. The number of hydrogen-bond acceptors (Lipinski definition) is 3. The average Bonchev–Trinajstić information content (AvgIpc) is 2.33. The molecular weight excluding hydrogens is 130 g/mol. The van der Waals surface area contributed by atoms with Crippen molar-refractivity contribution in [3.8, 4) is 5.88 Å². The summed E-state index contributed by atoms with van der Waals surface area (Å²) < 4.78 is 7.02. The molecule has 0 aromatic carbocycles. The first-order valence-corrected chi connectivity index (χ1v) is 3.26. The molecule has 2 N–H and O–H groups in total. The monoisotopic (exact) mass is 139 g/mol. The van der Waals surface area contributed by atoms with Crippen LogP contribution in [0.25, 0.3) is 0 Å². The molecule has 4 heteroatoms. The van der Waals surface area contributed by atoms with Gasteiger partial charge in [-0.1, -0.05) is 0 Å². The summed E-state index contributed by atoms with van der Waals surface area (Å²) in [5, 5.41) is 4.02. The average molecular weight is 139 g/mol. The van der Waals surface area contributed by atoms with Gasteiger partial charge in [-0.2, -0.15) is 5.10 Å². The third-order valence-corrected chi connectivity index (χ3v) is 1.53. The Hall–Kier alpha value is -1.03. The quantitative estimate of drug-likeness (QED) is 0.532. The lowest BCUT2D eigenvalue weighted by atomic mass is 10.3. The minimum absolute atomic E-state index is 0.0902. The zero-order valence-corrected chi connectivity index (χ0v) is 5.53. The van der Waals surface area contributed by atoms with Gasteiger partial charge in [0.05, 0.1) is 18.8 Å². The molecule has 10 heavy (non-hydrogen) atoms. The molecule has 4 nitrogen and oxygen atoms in total. The Morgan fingerprint density at radius 3 is 3.60 bits per heavy atom. The van der Waals surface area contributed by atoms with E-state index in [1.807, 2.05) is 6.07 Å². The summed E-state index contributed by atoms with van der Waals surface area (Å²) >= 11 is 0. The zero-order chi connectivity index (χ0) is 6.97. The molecule has 2 heterocycles. The van der Waals surface area contributed by atoms with Crippen LogP contribution in [0.15, 0.2) is 12.3 Å². The second-order valence-corrected chi connectivity index (χ2v) is 2.42. The molecular formula is C6H9N3O. The van der Waals surface area contributed by atoms with Gasteiger partial charge in [0, 0.05) is 6.07 Å². The molecule has 0 saturated carbocycles. The molecule has 0 spiro atoms. The van der Waals surface area contributed by atoms with Gasteiger partial charge in [-0.05, 0) is 0 Å². The van der Waals surface area contributed by atoms with Crippen molar-refractivity contribution in [1.82, 2.24) is 9.78 Å². The van der Waals surface area contributed by atoms with E-state index in [0.717, 1.165) is 12.4 Å². The minimum atomic E-state index is 0.0902. The Morgan fingerprint density at radius 2 is 2.70 bits per heavy atom. The van der Waals surface area contributed by atoms with E-state index in [-0.39, 0.29) is 6.04 Å². The molecule has 1 aromatic heterocycles. The van der Waals surface area contributed by atoms with E-state index in [4.69, 9.17) is 10.5 Å². The molecule has 0 amide bonds. The summed E-state index contributed by atoms with van der Waals surface area (Å²) in [6.07, 6.45) is 1.72. The first kappa shape index (κ1) is 5.73. The standard InChI is InChI=1S/C6H9N3O/c7-5-3-9-6(10-4-5)1-2-8-9/h1-2,5H,3-4,7H2/t5-/m1/s1. The first-order valence-electron chi connectivity index (χ1n) is 3.26. The molecule has 1 aliphatic rings. The molecule has 2 rings (SSSR count). The van der Waals surface area contributed by atoms with Crippen molar-refractivity contribution in [2.75, 3.05) is 6.61 Å². The molecule has 0 unspecified atom stereocenters. The summed E-state index contributed by atoms with van der Waals surface area (Å²) in [5.41, 5.74) is 5.62. The van der Waals surface area contributed by atoms with Gasteiger partial charge in [0.25, 0.3) is 0 Å². The van der Waals surface area contributed by atoms with Crippen LogP contribution in [0.2, 0.25) is 0 Å². The lowest BCUT2D eigenvalue weighted by Gasteiger charge is -2.20. The van der Waals surface area contributed by atoms with Crippen molar-refractivity contribution in [2.45, 2.75) is 12.6 Å². The molecule has 54 valence electrons. The van der Waals surface area contributed by atoms with Crippen LogP contribution >= 0.6 is 0 Å². The van der Waals surface area contributed by atoms with Crippen LogP contribution in [0, 0.1) is 0 Å². The third-order valence-electron chi connectivity index (χ3n) is 1.53. The highest BCUT2D eigenvalue weighted by atomic mass is 16.5. The SMILES string of the molecule is N[C@H]1COc2ccnn2C1. The van der Waals surface area contributed by atoms with Gasteiger partial charge in [-0.3, -0.25) is 0 Å². The number of ether oxygens (including phenoxy) is 1. The zero-order valence-electron chi connectivity index (χ0n) is 5.53. The van der Waals surface area contributed by atoms with Crippen LogP contribution in [0.1, 0.15) is 0 Å². The van der Waals surface area contributed by atoms with Crippen LogP contribution in [0.5, 0.6) is 5.88 Å². The van der Waals surface area contributed by atoms with E-state index in [2.05, 4.69) is 5.10 Å². The summed E-state index contributed by atoms with van der Waals surface area (Å²) in [7, 11) is 0. The van der Waals surface area contributed by atoms with Gasteiger partial charge in [0.1, 0.15) is 6.61 Å². The normalized spacial score (nSPS) is 23.5. The van der Waals surface area contributed by atoms with Crippen molar-refractivity contribution >= 4 is 0 Å². The van der Waals surface area contributed by atoms with E-state index >= 15 is 0 Å². The van der Waals surface area contributed by atoms with Crippen molar-refractivity contribution < 1.29 is 4.74 Å². The van der Waals surface area contributed by atoms with Gasteiger partial charge >= 0.3 is 0 Å². The van der Waals surface area contributed by atoms with Crippen molar-refractivity contribution in [3.05, 3.63) is 12.3 Å². The molecule has 0 aliphatic carbocycles. The molecule has 0 fully saturated rings. The molecule has 0 bridgehead atoms. The topological polar surface area (TPSA) is 53.1 Å². The number of aromatic nitrogens is 2. The van der Waals surface area contributed by atoms with Crippen LogP contribution < -0.4 is 10.5 Å². The van der Waals surface area contributed by atoms with E-state index in [1.165, 1.54) is 0 Å². The minimum Gasteiger partial charge on any atom is -0.476 e. The maximum absolute atomic E-state index is 5.62. The van der Waals surface area contributed by atoms with Crippen molar-refractivity contribution in [2.24, 2.45) is 5.73 Å². The van der Waals surface area contributed by atoms with Crippen molar-refractivity contribution in [1.29, 1.82) is 0 Å². The number of hydrogen-bond donors (Lipinski definition) is 1. The van der Waals surface area contributed by atoms with E-state index in [0.29, 0.717) is 6.61 Å². The Kier molecular flexibility index (Phi) is 1.14. The van der Waals surface area contributed by atoms with Gasteiger partial charge in [-0.25, -0.2) is 4.68 Å². The predicted molar refractivity (Wildman–Crippen MR) is 35.7 cm³/mol. The van der Waals surface area contributed by atoms with Gasteiger partial charge in [-0.15, -0.1) is 0 Å². The molecule has 0 saturated heterocycles. The van der Waals surface area contributed by atoms with E-state index in [9.17, 15) is 0 Å². The molecule has 0 radical (unpaired) electrons. The predicted octanol–water partition coefficient (Wildman–Crippen LogP) is -0.397. The number of nitrogens with zero attached hydrogens (tertiary/aromatic N) is 2. The Labute approximate surface area is 58.6 Å². The van der Waals surface area contributed by atoms with Crippen LogP contribution in [0.4, 0.5) is 0 Å². The largest absolute Gasteiger partial charge is 0.476 e. The lowest BCUT2D eigenvalue weighted by Crippen LogP contribution is -2.37. The summed E-state index contributed by atoms with van der Waals surface area (Å²) in [4.78, 5) is 0. The summed E-state index contributed by atoms with van der Waals surface area (Å²) in [6.45, 7) is 1.37. The highest BCUT2D eigenvalue weighted by molar-refractivity contribution is 5.09. The maximum Gasteiger partial charge on any atom is 0.211 e. The highest BCUT2D eigenvalue weighted by Crippen LogP contribution is 2.13. The Morgan fingerprint density at radius 1 is 1.80 bits per heavy atom. The smallest absolute Gasteiger partial charge is 0.211 e. The number of nitrogens with two attached hydrogens (primary N) is 1. The van der Waals surface area contributed by atoms with Gasteiger partial charge in [0.2, 0.25) is 5.88 Å². The van der Waals surface area contributed by atoms with Crippen molar-refractivity contribution in [3.63, 3.8) is 0 Å².